The Morgan fingerprint density at radius 1 is 1.29 bits per heavy atom. The SMILES string of the molecule is CN=C(NCc1ccc(C(N)=O)o1)NCC1Cc2ccccc2O1. The number of nitrogens with one attached hydrogen (secondary N) is 2. The smallest absolute Gasteiger partial charge is 0.284 e. The van der Waals surface area contributed by atoms with E-state index in [-0.39, 0.29) is 11.9 Å². The van der Waals surface area contributed by atoms with Crippen molar-refractivity contribution in [3.8, 4) is 5.75 Å². The van der Waals surface area contributed by atoms with Gasteiger partial charge in [-0.1, -0.05) is 18.2 Å². The molecule has 1 amide bonds. The van der Waals surface area contributed by atoms with Crippen molar-refractivity contribution in [1.29, 1.82) is 0 Å². The molecule has 0 saturated carbocycles. The van der Waals surface area contributed by atoms with E-state index in [1.807, 2.05) is 18.2 Å². The second kappa shape index (κ2) is 7.08. The summed E-state index contributed by atoms with van der Waals surface area (Å²) in [5.74, 6) is 1.75. The first-order valence-corrected chi connectivity index (χ1v) is 7.73. The Labute approximate surface area is 139 Å². The number of hydrogen-bond donors (Lipinski definition) is 3. The molecule has 1 unspecified atom stereocenters. The molecule has 0 radical (unpaired) electrons. The molecule has 2 heterocycles. The minimum absolute atomic E-state index is 0.0750. The number of carbonyl (C=O) groups is 1. The lowest BCUT2D eigenvalue weighted by Crippen LogP contribution is -2.41. The van der Waals surface area contributed by atoms with Gasteiger partial charge in [-0.25, -0.2) is 0 Å². The maximum Gasteiger partial charge on any atom is 0.284 e. The minimum Gasteiger partial charge on any atom is -0.488 e. The van der Waals surface area contributed by atoms with Crippen LogP contribution in [0.3, 0.4) is 0 Å². The number of ether oxygens (including phenoxy) is 1. The summed E-state index contributed by atoms with van der Waals surface area (Å²) in [6.07, 6.45) is 0.950. The molecule has 0 aliphatic carbocycles. The van der Waals surface area contributed by atoms with Crippen LogP contribution in [0.4, 0.5) is 0 Å². The Morgan fingerprint density at radius 2 is 2.12 bits per heavy atom. The molecule has 1 aliphatic rings. The zero-order chi connectivity index (χ0) is 16.9. The van der Waals surface area contributed by atoms with Crippen LogP contribution in [0.1, 0.15) is 21.9 Å². The zero-order valence-electron chi connectivity index (χ0n) is 13.4. The van der Waals surface area contributed by atoms with Gasteiger partial charge in [0.2, 0.25) is 0 Å². The fourth-order valence-corrected chi connectivity index (χ4v) is 2.58. The maximum atomic E-state index is 11.0. The van der Waals surface area contributed by atoms with E-state index < -0.39 is 5.91 Å². The third kappa shape index (κ3) is 3.68. The molecule has 0 saturated heterocycles. The van der Waals surface area contributed by atoms with Crippen molar-refractivity contribution in [2.45, 2.75) is 19.1 Å². The van der Waals surface area contributed by atoms with E-state index >= 15 is 0 Å². The molecule has 7 nitrogen and oxygen atoms in total. The molecule has 1 aliphatic heterocycles. The number of carbonyl (C=O) groups excluding carboxylic acids is 1. The maximum absolute atomic E-state index is 11.0. The van der Waals surface area contributed by atoms with Gasteiger partial charge in [0.05, 0.1) is 13.1 Å². The number of para-hydroxylation sites is 1. The van der Waals surface area contributed by atoms with Crippen LogP contribution in [0.25, 0.3) is 0 Å². The number of fused-ring (bicyclic) bond motifs is 1. The van der Waals surface area contributed by atoms with Crippen molar-refractivity contribution in [3.05, 3.63) is 53.5 Å². The second-order valence-electron chi connectivity index (χ2n) is 5.49. The summed E-state index contributed by atoms with van der Waals surface area (Å²) >= 11 is 0. The second-order valence-corrected chi connectivity index (χ2v) is 5.49. The summed E-state index contributed by atoms with van der Waals surface area (Å²) in [5.41, 5.74) is 6.38. The minimum atomic E-state index is -0.582. The van der Waals surface area contributed by atoms with Gasteiger partial charge in [-0.3, -0.25) is 9.79 Å². The molecule has 0 fully saturated rings. The standard InChI is InChI=1S/C17H20N4O3/c1-19-17(20-9-12-6-7-15(23-12)16(18)22)21-10-13-8-11-4-2-3-5-14(11)24-13/h2-7,13H,8-10H2,1H3,(H2,18,22)(H2,19,20,21). The average Bonchev–Trinajstić information content (AvgIpc) is 3.21. The lowest BCUT2D eigenvalue weighted by atomic mass is 10.1. The molecule has 3 rings (SSSR count). The number of rotatable bonds is 5. The van der Waals surface area contributed by atoms with Crippen LogP contribution in [-0.2, 0) is 13.0 Å². The number of primary amides is 1. The van der Waals surface area contributed by atoms with Crippen molar-refractivity contribution in [2.75, 3.05) is 13.6 Å². The third-order valence-corrected chi connectivity index (χ3v) is 3.77. The number of amides is 1. The predicted molar refractivity (Wildman–Crippen MR) is 90.0 cm³/mol. The van der Waals surface area contributed by atoms with E-state index in [2.05, 4.69) is 21.7 Å². The van der Waals surface area contributed by atoms with Crippen molar-refractivity contribution in [3.63, 3.8) is 0 Å². The summed E-state index contributed by atoms with van der Waals surface area (Å²) in [4.78, 5) is 15.2. The molecule has 4 N–H and O–H groups in total. The predicted octanol–water partition coefficient (Wildman–Crippen LogP) is 1.05. The largest absolute Gasteiger partial charge is 0.488 e. The molecule has 7 heteroatoms. The van der Waals surface area contributed by atoms with Gasteiger partial charge >= 0.3 is 0 Å². The quantitative estimate of drug-likeness (QED) is 0.562. The molecule has 2 aromatic rings. The van der Waals surface area contributed by atoms with Crippen molar-refractivity contribution >= 4 is 11.9 Å². The van der Waals surface area contributed by atoms with E-state index in [1.54, 1.807) is 19.2 Å². The lowest BCUT2D eigenvalue weighted by molar-refractivity contribution is 0.0972. The number of nitrogens with two attached hydrogens (primary N) is 1. The van der Waals surface area contributed by atoms with Gasteiger partial charge in [-0.15, -0.1) is 0 Å². The molecular formula is C17H20N4O3. The van der Waals surface area contributed by atoms with Crippen molar-refractivity contribution in [2.24, 2.45) is 10.7 Å². The summed E-state index contributed by atoms with van der Waals surface area (Å²) < 4.78 is 11.2. The van der Waals surface area contributed by atoms with E-state index in [9.17, 15) is 4.79 Å². The Morgan fingerprint density at radius 3 is 2.83 bits per heavy atom. The highest BCUT2D eigenvalue weighted by Gasteiger charge is 2.22. The monoisotopic (exact) mass is 328 g/mol. The van der Waals surface area contributed by atoms with Crippen LogP contribution in [0.15, 0.2) is 45.8 Å². The topological polar surface area (TPSA) is 102 Å². The Hall–Kier alpha value is -2.96. The van der Waals surface area contributed by atoms with Crippen molar-refractivity contribution in [1.82, 2.24) is 10.6 Å². The zero-order valence-corrected chi connectivity index (χ0v) is 13.4. The number of nitrogens with zero attached hydrogens (tertiary/aromatic N) is 1. The molecule has 24 heavy (non-hydrogen) atoms. The highest BCUT2D eigenvalue weighted by molar-refractivity contribution is 5.89. The highest BCUT2D eigenvalue weighted by Crippen LogP contribution is 2.27. The fourth-order valence-electron chi connectivity index (χ4n) is 2.58. The van der Waals surface area contributed by atoms with Crippen LogP contribution in [0.2, 0.25) is 0 Å². The highest BCUT2D eigenvalue weighted by atomic mass is 16.5. The molecule has 1 aromatic carbocycles. The Bertz CT molecular complexity index is 729. The van der Waals surface area contributed by atoms with E-state index in [0.29, 0.717) is 24.8 Å². The van der Waals surface area contributed by atoms with Crippen LogP contribution in [-0.4, -0.2) is 31.6 Å². The molecule has 0 bridgehead atoms. The lowest BCUT2D eigenvalue weighted by Gasteiger charge is -2.15. The van der Waals surface area contributed by atoms with Gasteiger partial charge in [-0.05, 0) is 23.8 Å². The number of aliphatic imine (C=N–C) groups is 1. The van der Waals surface area contributed by atoms with Gasteiger partial charge in [0.15, 0.2) is 11.7 Å². The van der Waals surface area contributed by atoms with Gasteiger partial charge < -0.3 is 25.5 Å². The average molecular weight is 328 g/mol. The van der Waals surface area contributed by atoms with E-state index in [4.69, 9.17) is 14.9 Å². The van der Waals surface area contributed by atoms with Crippen LogP contribution in [0, 0.1) is 0 Å². The summed E-state index contributed by atoms with van der Waals surface area (Å²) in [6.45, 7) is 1.04. The number of hydrogen-bond acceptors (Lipinski definition) is 4. The first-order valence-electron chi connectivity index (χ1n) is 7.73. The van der Waals surface area contributed by atoms with E-state index in [0.717, 1.165) is 12.2 Å². The summed E-state index contributed by atoms with van der Waals surface area (Å²) in [5, 5.41) is 6.35. The van der Waals surface area contributed by atoms with Crippen LogP contribution < -0.4 is 21.1 Å². The number of guanidine groups is 1. The molecular weight excluding hydrogens is 308 g/mol. The molecule has 1 aromatic heterocycles. The van der Waals surface area contributed by atoms with E-state index in [1.165, 1.54) is 5.56 Å². The summed E-state index contributed by atoms with van der Waals surface area (Å²) in [7, 11) is 1.69. The first kappa shape index (κ1) is 15.9. The number of furan rings is 1. The third-order valence-electron chi connectivity index (χ3n) is 3.77. The molecule has 0 spiro atoms. The number of benzene rings is 1. The molecule has 1 atom stereocenters. The van der Waals surface area contributed by atoms with Crippen LogP contribution >= 0.6 is 0 Å². The fraction of sp³-hybridized carbons (Fsp3) is 0.294. The van der Waals surface area contributed by atoms with Gasteiger partial charge in [0.1, 0.15) is 17.6 Å². The van der Waals surface area contributed by atoms with Crippen molar-refractivity contribution < 1.29 is 13.9 Å². The van der Waals surface area contributed by atoms with Gasteiger partial charge in [0, 0.05) is 13.5 Å². The van der Waals surface area contributed by atoms with Gasteiger partial charge in [0.25, 0.3) is 5.91 Å². The van der Waals surface area contributed by atoms with Gasteiger partial charge in [-0.2, -0.15) is 0 Å². The Kier molecular flexibility index (Phi) is 4.69. The Balaban J connectivity index is 1.46. The first-order chi connectivity index (χ1) is 11.7. The van der Waals surface area contributed by atoms with Crippen LogP contribution in [0.5, 0.6) is 5.75 Å². The normalized spacial score (nSPS) is 16.4. The molecule has 126 valence electrons. The summed E-state index contributed by atoms with van der Waals surface area (Å²) in [6, 6.07) is 11.3.